The molecule has 190 valence electrons. The van der Waals surface area contributed by atoms with Gasteiger partial charge in [-0.3, -0.25) is 9.89 Å². The van der Waals surface area contributed by atoms with E-state index in [1.807, 2.05) is 42.5 Å². The minimum absolute atomic E-state index is 0.542. The number of carboxylic acids is 2. The largest absolute Gasteiger partial charge is 0.478 e. The minimum Gasteiger partial charge on any atom is -0.478 e. The number of aliphatic imine (C=N–C) groups is 2. The lowest BCUT2D eigenvalue weighted by atomic mass is 10.0. The zero-order valence-corrected chi connectivity index (χ0v) is 21.6. The summed E-state index contributed by atoms with van der Waals surface area (Å²) in [4.78, 5) is 31.3. The third-order valence-electron chi connectivity index (χ3n) is 5.11. The van der Waals surface area contributed by atoms with Gasteiger partial charge in [-0.1, -0.05) is 41.4 Å². The number of hydrogen-bond donors (Lipinski definition) is 2. The lowest BCUT2D eigenvalue weighted by molar-refractivity contribution is -0.134. The molecule has 2 aromatic rings. The van der Waals surface area contributed by atoms with E-state index in [9.17, 15) is 9.59 Å². The van der Waals surface area contributed by atoms with Crippen LogP contribution in [-0.4, -0.2) is 83.0 Å². The van der Waals surface area contributed by atoms with Crippen molar-refractivity contribution < 1.29 is 24.5 Å². The Balaban J connectivity index is 0.000000392. The molecule has 0 saturated carbocycles. The average molecular weight is 550 g/mol. The molecule has 4 rings (SSSR count). The van der Waals surface area contributed by atoms with Crippen LogP contribution < -0.4 is 0 Å². The molecule has 0 unspecified atom stereocenters. The Hall–Kier alpha value is -2.69. The van der Waals surface area contributed by atoms with Gasteiger partial charge in [0.2, 0.25) is 0 Å². The molecule has 2 N–H and O–H groups in total. The van der Waals surface area contributed by atoms with E-state index in [1.54, 1.807) is 11.8 Å². The molecule has 2 aromatic carbocycles. The van der Waals surface area contributed by atoms with Gasteiger partial charge >= 0.3 is 11.9 Å². The van der Waals surface area contributed by atoms with Crippen molar-refractivity contribution in [3.63, 3.8) is 0 Å². The molecule has 0 aliphatic carbocycles. The molecule has 1 saturated heterocycles. The van der Waals surface area contributed by atoms with Crippen molar-refractivity contribution in [1.29, 1.82) is 0 Å². The highest BCUT2D eigenvalue weighted by Crippen LogP contribution is 2.31. The van der Waals surface area contributed by atoms with E-state index in [2.05, 4.69) is 4.90 Å². The van der Waals surface area contributed by atoms with Gasteiger partial charge in [0.05, 0.1) is 36.2 Å². The summed E-state index contributed by atoms with van der Waals surface area (Å²) >= 11 is 14.5. The summed E-state index contributed by atoms with van der Waals surface area (Å²) in [5.74, 6) is -1.53. The van der Waals surface area contributed by atoms with E-state index in [0.29, 0.717) is 28.7 Å². The average Bonchev–Trinajstić information content (AvgIpc) is 3.03. The zero-order chi connectivity index (χ0) is 25.9. The van der Waals surface area contributed by atoms with Crippen LogP contribution in [0.5, 0.6) is 0 Å². The standard InChI is InChI=1S/C21H21Cl2N3OS.C4H4O4/c22-15-5-6-19-17(13-15)21(16-3-1-2-4-18(16)23)24-14-20(25-19)28-12-9-26-7-10-27-11-8-26;5-3(6)1-2-4(7)8/h1-6,13H,7-12,14H2;1-2H,(H,5,6)(H,7,8)/b;2-1+. The summed E-state index contributed by atoms with van der Waals surface area (Å²) in [5.41, 5.74) is 3.55. The van der Waals surface area contributed by atoms with Crippen LogP contribution in [0.2, 0.25) is 10.0 Å². The van der Waals surface area contributed by atoms with Crippen molar-refractivity contribution in [2.24, 2.45) is 9.98 Å². The van der Waals surface area contributed by atoms with Crippen molar-refractivity contribution in [1.82, 2.24) is 4.90 Å². The number of halogens is 2. The Morgan fingerprint density at radius 2 is 1.72 bits per heavy atom. The van der Waals surface area contributed by atoms with E-state index in [-0.39, 0.29) is 0 Å². The number of thioether (sulfide) groups is 1. The topological polar surface area (TPSA) is 112 Å². The van der Waals surface area contributed by atoms with Gasteiger partial charge in [0.25, 0.3) is 0 Å². The van der Waals surface area contributed by atoms with Crippen molar-refractivity contribution in [3.05, 3.63) is 75.8 Å². The molecule has 0 atom stereocenters. The number of ether oxygens (including phenoxy) is 1. The molecule has 0 spiro atoms. The van der Waals surface area contributed by atoms with Gasteiger partial charge in [-0.25, -0.2) is 14.6 Å². The summed E-state index contributed by atoms with van der Waals surface area (Å²) in [6.07, 6.45) is 1.12. The smallest absolute Gasteiger partial charge is 0.328 e. The maximum Gasteiger partial charge on any atom is 0.328 e. The number of aliphatic carboxylic acids is 2. The number of carbonyl (C=O) groups is 2. The van der Waals surface area contributed by atoms with Gasteiger partial charge in [-0.2, -0.15) is 0 Å². The van der Waals surface area contributed by atoms with Gasteiger partial charge in [0, 0.05) is 58.7 Å². The molecule has 0 bridgehead atoms. The van der Waals surface area contributed by atoms with Gasteiger partial charge in [-0.05, 0) is 24.3 Å². The van der Waals surface area contributed by atoms with Crippen LogP contribution in [0.4, 0.5) is 5.69 Å². The Morgan fingerprint density at radius 3 is 2.39 bits per heavy atom. The maximum atomic E-state index is 9.55. The Kier molecular flexibility index (Phi) is 11.0. The highest BCUT2D eigenvalue weighted by molar-refractivity contribution is 8.14. The molecule has 36 heavy (non-hydrogen) atoms. The molecule has 8 nitrogen and oxygen atoms in total. The predicted molar refractivity (Wildman–Crippen MR) is 145 cm³/mol. The van der Waals surface area contributed by atoms with Crippen LogP contribution in [0.3, 0.4) is 0 Å². The Morgan fingerprint density at radius 1 is 1.03 bits per heavy atom. The molecular weight excluding hydrogens is 525 g/mol. The number of nitrogens with zero attached hydrogens (tertiary/aromatic N) is 3. The van der Waals surface area contributed by atoms with E-state index in [0.717, 1.165) is 66.2 Å². The first-order valence-electron chi connectivity index (χ1n) is 11.1. The fourth-order valence-electron chi connectivity index (χ4n) is 3.42. The summed E-state index contributed by atoms with van der Waals surface area (Å²) < 4.78 is 5.41. The van der Waals surface area contributed by atoms with Crippen LogP contribution in [0.25, 0.3) is 0 Å². The fraction of sp³-hybridized carbons (Fsp3) is 0.280. The number of rotatable bonds is 6. The molecule has 2 aliphatic heterocycles. The lowest BCUT2D eigenvalue weighted by Crippen LogP contribution is -2.37. The first-order valence-corrected chi connectivity index (χ1v) is 12.8. The maximum absolute atomic E-state index is 9.55. The van der Waals surface area contributed by atoms with Crippen molar-refractivity contribution >= 4 is 63.3 Å². The minimum atomic E-state index is -1.26. The number of benzene rings is 2. The molecule has 1 fully saturated rings. The number of hydrogen-bond acceptors (Lipinski definition) is 7. The molecule has 2 aliphatic rings. The first kappa shape index (κ1) is 27.9. The quantitative estimate of drug-likeness (QED) is 0.504. The van der Waals surface area contributed by atoms with Gasteiger partial charge in [0.1, 0.15) is 0 Å². The van der Waals surface area contributed by atoms with E-state index >= 15 is 0 Å². The van der Waals surface area contributed by atoms with Gasteiger partial charge in [-0.15, -0.1) is 11.8 Å². The molecule has 0 aromatic heterocycles. The number of carboxylic acid groups (broad SMARTS) is 2. The fourth-order valence-corrected chi connectivity index (χ4v) is 4.72. The normalized spacial score (nSPS) is 15.7. The first-order chi connectivity index (χ1) is 17.3. The van der Waals surface area contributed by atoms with Gasteiger partial charge < -0.3 is 14.9 Å². The molecular formula is C25H25Cl2N3O5S. The summed E-state index contributed by atoms with van der Waals surface area (Å²) in [5, 5.41) is 18.0. The van der Waals surface area contributed by atoms with Crippen LogP contribution in [0, 0.1) is 0 Å². The van der Waals surface area contributed by atoms with Crippen LogP contribution in [0.15, 0.2) is 64.6 Å². The van der Waals surface area contributed by atoms with Crippen LogP contribution >= 0.6 is 35.0 Å². The predicted octanol–water partition coefficient (Wildman–Crippen LogP) is 4.65. The number of morpholine rings is 1. The Labute approximate surface area is 223 Å². The van der Waals surface area contributed by atoms with E-state index in [1.165, 1.54) is 0 Å². The SMILES string of the molecule is Clc1ccc2c(c1)C(c1ccccc1Cl)=NCC(SCCN1CCOCC1)=N2.O=C(O)/C=C/C(=O)O. The van der Waals surface area contributed by atoms with Crippen molar-refractivity contribution in [2.75, 3.05) is 45.1 Å². The summed E-state index contributed by atoms with van der Waals surface area (Å²) in [7, 11) is 0. The second kappa shape index (κ2) is 14.2. The van der Waals surface area contributed by atoms with Crippen LogP contribution in [-0.2, 0) is 14.3 Å². The third-order valence-corrected chi connectivity index (χ3v) is 6.61. The van der Waals surface area contributed by atoms with E-state index in [4.69, 9.17) is 48.1 Å². The van der Waals surface area contributed by atoms with Crippen molar-refractivity contribution in [2.45, 2.75) is 0 Å². The Bertz CT molecular complexity index is 1160. The second-order valence-corrected chi connectivity index (χ2v) is 9.64. The van der Waals surface area contributed by atoms with Crippen molar-refractivity contribution in [3.8, 4) is 0 Å². The number of fused-ring (bicyclic) bond motifs is 1. The molecule has 0 amide bonds. The summed E-state index contributed by atoms with van der Waals surface area (Å²) in [6.45, 7) is 5.23. The monoisotopic (exact) mass is 549 g/mol. The lowest BCUT2D eigenvalue weighted by Gasteiger charge is -2.26. The zero-order valence-electron chi connectivity index (χ0n) is 19.3. The van der Waals surface area contributed by atoms with E-state index < -0.39 is 11.9 Å². The second-order valence-electron chi connectivity index (χ2n) is 7.62. The molecule has 0 radical (unpaired) electrons. The molecule has 11 heteroatoms. The highest BCUT2D eigenvalue weighted by atomic mass is 35.5. The van der Waals surface area contributed by atoms with Gasteiger partial charge in [0.15, 0.2) is 0 Å². The molecule has 2 heterocycles. The third kappa shape index (κ3) is 8.76. The van der Waals surface area contributed by atoms with Crippen LogP contribution in [0.1, 0.15) is 11.1 Å². The highest BCUT2D eigenvalue weighted by Gasteiger charge is 2.19. The summed E-state index contributed by atoms with van der Waals surface area (Å²) in [6, 6.07) is 13.5.